The molecular weight excluding hydrogens is 494 g/mol. The molecule has 2 heterocycles. The summed E-state index contributed by atoms with van der Waals surface area (Å²) in [7, 11) is 3.65. The number of nitrogens with zero attached hydrogens (tertiary/aromatic N) is 5. The smallest absolute Gasteiger partial charge is 0.251 e. The van der Waals surface area contributed by atoms with Crippen LogP contribution in [0.25, 0.3) is 10.9 Å². The Morgan fingerprint density at radius 2 is 1.87 bits per heavy atom. The zero-order valence-corrected chi connectivity index (χ0v) is 21.8. The predicted molar refractivity (Wildman–Crippen MR) is 149 cm³/mol. The number of nitrogens with two attached hydrogens (primary N) is 1. The molecule has 1 amide bonds. The summed E-state index contributed by atoms with van der Waals surface area (Å²) in [5.41, 5.74) is 8.37. The summed E-state index contributed by atoms with van der Waals surface area (Å²) in [5.74, 6) is 2.27. The topological polar surface area (TPSA) is 130 Å². The maximum Gasteiger partial charge on any atom is 0.251 e. The van der Waals surface area contributed by atoms with Gasteiger partial charge in [-0.15, -0.1) is 0 Å². The number of nitriles is 1. The summed E-state index contributed by atoms with van der Waals surface area (Å²) < 4.78 is 11.2. The Morgan fingerprint density at radius 1 is 1.05 bits per heavy atom. The molecule has 1 aliphatic rings. The van der Waals surface area contributed by atoms with Crippen molar-refractivity contribution in [1.82, 2.24) is 20.2 Å². The first-order valence-electron chi connectivity index (χ1n) is 12.6. The molecule has 0 atom stereocenters. The summed E-state index contributed by atoms with van der Waals surface area (Å²) in [4.78, 5) is 26.4. The molecule has 1 aromatic heterocycles. The molecule has 1 fully saturated rings. The molecule has 0 saturated carbocycles. The number of nitrogens with one attached hydrogen (secondary N) is 1. The van der Waals surface area contributed by atoms with Crippen LogP contribution in [0.15, 0.2) is 60.7 Å². The van der Waals surface area contributed by atoms with Crippen molar-refractivity contribution in [1.29, 1.82) is 5.26 Å². The van der Waals surface area contributed by atoms with Crippen LogP contribution in [0, 0.1) is 11.3 Å². The fourth-order valence-corrected chi connectivity index (χ4v) is 4.47. The first kappa shape index (κ1) is 25.8. The lowest BCUT2D eigenvalue weighted by Gasteiger charge is -2.33. The van der Waals surface area contributed by atoms with Gasteiger partial charge in [0.1, 0.15) is 29.1 Å². The van der Waals surface area contributed by atoms with Crippen LogP contribution in [0.1, 0.15) is 21.5 Å². The highest BCUT2D eigenvalue weighted by molar-refractivity contribution is 6.00. The van der Waals surface area contributed by atoms with E-state index < -0.39 is 0 Å². The Kier molecular flexibility index (Phi) is 7.43. The molecule has 3 N–H and O–H groups in total. The van der Waals surface area contributed by atoms with Gasteiger partial charge in [-0.3, -0.25) is 4.79 Å². The quantitative estimate of drug-likeness (QED) is 0.373. The summed E-state index contributed by atoms with van der Waals surface area (Å²) in [6.45, 7) is 3.87. The predicted octanol–water partition coefficient (Wildman–Crippen LogP) is 3.57. The SMILES string of the molecule is COc1ccc(C#N)c(Oc2cccc(CNC(=O)c3ccc4c(N5CCN(C)CC5)nc(N)nc4c3)c2)c1. The first-order chi connectivity index (χ1) is 18.9. The van der Waals surface area contributed by atoms with Crippen LogP contribution in [0.5, 0.6) is 17.2 Å². The Balaban J connectivity index is 1.29. The van der Waals surface area contributed by atoms with Gasteiger partial charge in [0.05, 0.1) is 18.2 Å². The molecule has 10 nitrogen and oxygen atoms in total. The molecule has 0 spiro atoms. The second-order valence-corrected chi connectivity index (χ2v) is 9.33. The van der Waals surface area contributed by atoms with Crippen LogP contribution in [0.3, 0.4) is 0 Å². The number of piperazine rings is 1. The number of hydrogen-bond acceptors (Lipinski definition) is 9. The third-order valence-electron chi connectivity index (χ3n) is 6.65. The highest BCUT2D eigenvalue weighted by Gasteiger charge is 2.19. The fraction of sp³-hybridized carbons (Fsp3) is 0.241. The van der Waals surface area contributed by atoms with Crippen LogP contribution in [-0.4, -0.2) is 61.1 Å². The van der Waals surface area contributed by atoms with E-state index in [0.29, 0.717) is 33.9 Å². The number of anilines is 2. The Hall–Kier alpha value is -4.88. The zero-order valence-electron chi connectivity index (χ0n) is 21.8. The molecule has 1 saturated heterocycles. The summed E-state index contributed by atoms with van der Waals surface area (Å²) in [6, 6.07) is 19.9. The van der Waals surface area contributed by atoms with Gasteiger partial charge in [-0.05, 0) is 55.1 Å². The normalized spacial score (nSPS) is 13.6. The zero-order chi connectivity index (χ0) is 27.4. The van der Waals surface area contributed by atoms with Gasteiger partial charge in [-0.2, -0.15) is 10.2 Å². The molecule has 10 heteroatoms. The number of ether oxygens (including phenoxy) is 2. The number of carbonyl (C=O) groups is 1. The largest absolute Gasteiger partial charge is 0.497 e. The van der Waals surface area contributed by atoms with E-state index in [1.807, 2.05) is 24.3 Å². The average Bonchev–Trinajstić information content (AvgIpc) is 2.95. The van der Waals surface area contributed by atoms with Crippen molar-refractivity contribution < 1.29 is 14.3 Å². The van der Waals surface area contributed by atoms with Crippen LogP contribution >= 0.6 is 0 Å². The number of nitrogen functional groups attached to an aromatic ring is 1. The van der Waals surface area contributed by atoms with Crippen molar-refractivity contribution in [2.24, 2.45) is 0 Å². The summed E-state index contributed by atoms with van der Waals surface area (Å²) in [6.07, 6.45) is 0. The number of methoxy groups -OCH3 is 1. The highest BCUT2D eigenvalue weighted by Crippen LogP contribution is 2.30. The summed E-state index contributed by atoms with van der Waals surface area (Å²) >= 11 is 0. The molecular formula is C29H29N7O3. The van der Waals surface area contributed by atoms with Crippen molar-refractivity contribution in [3.05, 3.63) is 77.4 Å². The van der Waals surface area contributed by atoms with Gasteiger partial charge < -0.3 is 30.3 Å². The van der Waals surface area contributed by atoms with Gasteiger partial charge in [0.2, 0.25) is 5.95 Å². The van der Waals surface area contributed by atoms with Crippen molar-refractivity contribution in [2.45, 2.75) is 6.54 Å². The van der Waals surface area contributed by atoms with Gasteiger partial charge in [0, 0.05) is 49.7 Å². The number of rotatable bonds is 7. The average molecular weight is 524 g/mol. The molecule has 39 heavy (non-hydrogen) atoms. The number of amides is 1. The summed E-state index contributed by atoms with van der Waals surface area (Å²) in [5, 5.41) is 13.2. The Bertz CT molecular complexity index is 1560. The van der Waals surface area contributed by atoms with E-state index in [-0.39, 0.29) is 18.4 Å². The van der Waals surface area contributed by atoms with E-state index in [1.165, 1.54) is 0 Å². The van der Waals surface area contributed by atoms with Crippen molar-refractivity contribution >= 4 is 28.6 Å². The van der Waals surface area contributed by atoms with Crippen molar-refractivity contribution in [2.75, 3.05) is 51.0 Å². The lowest BCUT2D eigenvalue weighted by molar-refractivity contribution is 0.0951. The highest BCUT2D eigenvalue weighted by atomic mass is 16.5. The van der Waals surface area contributed by atoms with E-state index in [9.17, 15) is 10.1 Å². The maximum atomic E-state index is 13.0. The lowest BCUT2D eigenvalue weighted by atomic mass is 10.1. The Morgan fingerprint density at radius 3 is 2.64 bits per heavy atom. The van der Waals surface area contributed by atoms with E-state index in [0.717, 1.165) is 42.9 Å². The maximum absolute atomic E-state index is 13.0. The minimum absolute atomic E-state index is 0.182. The minimum atomic E-state index is -0.235. The fourth-order valence-electron chi connectivity index (χ4n) is 4.47. The second-order valence-electron chi connectivity index (χ2n) is 9.33. The van der Waals surface area contributed by atoms with Crippen LogP contribution in [0.4, 0.5) is 11.8 Å². The number of carbonyl (C=O) groups excluding carboxylic acids is 1. The van der Waals surface area contributed by atoms with Gasteiger partial charge in [0.15, 0.2) is 0 Å². The van der Waals surface area contributed by atoms with E-state index in [1.54, 1.807) is 43.5 Å². The molecule has 0 bridgehead atoms. The van der Waals surface area contributed by atoms with Crippen LogP contribution in [0.2, 0.25) is 0 Å². The van der Waals surface area contributed by atoms with Gasteiger partial charge in [-0.25, -0.2) is 4.98 Å². The second kappa shape index (κ2) is 11.2. The lowest BCUT2D eigenvalue weighted by Crippen LogP contribution is -2.45. The molecule has 0 aliphatic carbocycles. The number of fused-ring (bicyclic) bond motifs is 1. The van der Waals surface area contributed by atoms with Crippen LogP contribution in [-0.2, 0) is 6.54 Å². The van der Waals surface area contributed by atoms with Crippen LogP contribution < -0.4 is 25.4 Å². The number of aromatic nitrogens is 2. The monoisotopic (exact) mass is 523 g/mol. The minimum Gasteiger partial charge on any atom is -0.497 e. The molecule has 1 aliphatic heterocycles. The number of likely N-dealkylation sites (N-methyl/N-ethyl adjacent to an activating group) is 1. The Labute approximate surface area is 226 Å². The first-order valence-corrected chi connectivity index (χ1v) is 12.6. The van der Waals surface area contributed by atoms with Crippen molar-refractivity contribution in [3.8, 4) is 23.3 Å². The molecule has 0 unspecified atom stereocenters. The van der Waals surface area contributed by atoms with E-state index >= 15 is 0 Å². The number of benzene rings is 3. The standard InChI is InChI=1S/C29H29N7O3/c1-35-10-12-36(13-11-35)27-24-9-7-20(15-25(24)33-29(31)34-27)28(37)32-18-19-4-3-5-23(14-19)39-26-16-22(38-2)8-6-21(26)17-30/h3-9,14-16H,10-13,18H2,1-2H3,(H,32,37)(H2,31,33,34). The van der Waals surface area contributed by atoms with Gasteiger partial charge >= 0.3 is 0 Å². The van der Waals surface area contributed by atoms with Crippen molar-refractivity contribution in [3.63, 3.8) is 0 Å². The van der Waals surface area contributed by atoms with Gasteiger partial charge in [0.25, 0.3) is 5.91 Å². The van der Waals surface area contributed by atoms with Gasteiger partial charge in [-0.1, -0.05) is 12.1 Å². The van der Waals surface area contributed by atoms with E-state index in [2.05, 4.69) is 38.2 Å². The molecule has 4 aromatic rings. The third-order valence-corrected chi connectivity index (χ3v) is 6.65. The molecule has 3 aromatic carbocycles. The molecule has 0 radical (unpaired) electrons. The molecule has 5 rings (SSSR count). The van der Waals surface area contributed by atoms with E-state index in [4.69, 9.17) is 15.2 Å². The third kappa shape index (κ3) is 5.84. The number of hydrogen-bond donors (Lipinski definition) is 2. The molecule has 198 valence electrons.